The Morgan fingerprint density at radius 3 is 3.10 bits per heavy atom. The fourth-order valence-electron chi connectivity index (χ4n) is 1.89. The van der Waals surface area contributed by atoms with Crippen LogP contribution < -0.4 is 5.32 Å². The molecule has 0 bridgehead atoms. The second kappa shape index (κ2) is 7.63. The number of carbonyl (C=O) groups excluding carboxylic acids is 1. The van der Waals surface area contributed by atoms with Gasteiger partial charge in [-0.3, -0.25) is 4.79 Å². The summed E-state index contributed by atoms with van der Waals surface area (Å²) in [6.45, 7) is 2.16. The second-order valence-electron chi connectivity index (χ2n) is 4.65. The van der Waals surface area contributed by atoms with E-state index in [0.29, 0.717) is 31.2 Å². The maximum atomic E-state index is 11.9. The Kier molecular flexibility index (Phi) is 5.54. The van der Waals surface area contributed by atoms with Crippen LogP contribution in [0.3, 0.4) is 0 Å². The van der Waals surface area contributed by atoms with Gasteiger partial charge < -0.3 is 15.2 Å². The molecule has 106 valence electrons. The number of carbonyl (C=O) groups is 1. The molecule has 1 amide bonds. The highest BCUT2D eigenvalue weighted by atomic mass is 16.5. The molecule has 1 aromatic heterocycles. The summed E-state index contributed by atoms with van der Waals surface area (Å²) in [5.41, 5.74) is 1.12. The molecule has 0 aromatic carbocycles. The van der Waals surface area contributed by atoms with Gasteiger partial charge in [-0.2, -0.15) is 0 Å². The number of hydrogen-bond acceptors (Lipinski definition) is 4. The van der Waals surface area contributed by atoms with Crippen molar-refractivity contribution >= 4 is 5.91 Å². The van der Waals surface area contributed by atoms with Crippen molar-refractivity contribution in [2.24, 2.45) is 5.92 Å². The third-order valence-corrected chi connectivity index (χ3v) is 3.04. The molecule has 20 heavy (non-hydrogen) atoms. The summed E-state index contributed by atoms with van der Waals surface area (Å²) in [6, 6.07) is 3.41. The van der Waals surface area contributed by atoms with E-state index in [0.717, 1.165) is 18.6 Å². The van der Waals surface area contributed by atoms with Gasteiger partial charge in [0, 0.05) is 37.3 Å². The van der Waals surface area contributed by atoms with Gasteiger partial charge >= 0.3 is 0 Å². The molecular formula is C15H18N2O3. The van der Waals surface area contributed by atoms with E-state index in [9.17, 15) is 4.79 Å². The minimum absolute atomic E-state index is 0.0474. The molecule has 1 saturated heterocycles. The first-order chi connectivity index (χ1) is 9.79. The van der Waals surface area contributed by atoms with Crippen molar-refractivity contribution in [1.29, 1.82) is 0 Å². The van der Waals surface area contributed by atoms with Crippen molar-refractivity contribution in [3.63, 3.8) is 0 Å². The average molecular weight is 274 g/mol. The van der Waals surface area contributed by atoms with Crippen molar-refractivity contribution in [3.8, 4) is 11.8 Å². The Morgan fingerprint density at radius 2 is 2.45 bits per heavy atom. The number of nitrogens with zero attached hydrogens (tertiary/aromatic N) is 1. The minimum atomic E-state index is -0.174. The molecule has 1 aliphatic rings. The molecule has 1 aliphatic heterocycles. The lowest BCUT2D eigenvalue weighted by Crippen LogP contribution is -2.30. The molecule has 5 nitrogen and oxygen atoms in total. The van der Waals surface area contributed by atoms with Gasteiger partial charge in [0.05, 0.1) is 13.2 Å². The van der Waals surface area contributed by atoms with Crippen molar-refractivity contribution in [1.82, 2.24) is 10.3 Å². The molecule has 1 fully saturated rings. The van der Waals surface area contributed by atoms with Gasteiger partial charge in [0.2, 0.25) is 0 Å². The molecule has 1 unspecified atom stereocenters. The van der Waals surface area contributed by atoms with E-state index in [1.54, 1.807) is 18.3 Å². The topological polar surface area (TPSA) is 71.5 Å². The van der Waals surface area contributed by atoms with Gasteiger partial charge in [-0.1, -0.05) is 11.8 Å². The molecule has 0 aliphatic carbocycles. The Labute approximate surface area is 118 Å². The number of aliphatic hydroxyl groups excluding tert-OH is 1. The Bertz CT molecular complexity index is 496. The zero-order valence-electron chi connectivity index (χ0n) is 11.3. The molecule has 2 rings (SSSR count). The van der Waals surface area contributed by atoms with Crippen molar-refractivity contribution in [3.05, 3.63) is 29.6 Å². The molecule has 0 spiro atoms. The van der Waals surface area contributed by atoms with Crippen molar-refractivity contribution < 1.29 is 14.6 Å². The fourth-order valence-corrected chi connectivity index (χ4v) is 1.89. The number of rotatable bonds is 4. The van der Waals surface area contributed by atoms with E-state index in [2.05, 4.69) is 22.1 Å². The number of aliphatic hydroxyl groups is 1. The van der Waals surface area contributed by atoms with Gasteiger partial charge in [0.25, 0.3) is 5.91 Å². The van der Waals surface area contributed by atoms with E-state index in [1.165, 1.54) is 0 Å². The van der Waals surface area contributed by atoms with E-state index in [1.807, 2.05) is 0 Å². The van der Waals surface area contributed by atoms with Gasteiger partial charge in [0.1, 0.15) is 5.69 Å². The lowest BCUT2D eigenvalue weighted by molar-refractivity contribution is 0.0940. The van der Waals surface area contributed by atoms with Crippen LogP contribution in [0.1, 0.15) is 28.9 Å². The predicted molar refractivity (Wildman–Crippen MR) is 74.1 cm³/mol. The standard InChI is InChI=1S/C15H18N2O3/c18-7-2-1-3-12-4-5-14(16-9-12)15(19)17-10-13-6-8-20-11-13/h4-5,9,13,18H,2,6-8,10-11H2,(H,17,19). The van der Waals surface area contributed by atoms with Crippen LogP contribution in [0.25, 0.3) is 0 Å². The SMILES string of the molecule is O=C(NCC1CCOC1)c1ccc(C#CCCO)cn1. The van der Waals surface area contributed by atoms with Crippen LogP contribution in [-0.2, 0) is 4.74 Å². The second-order valence-corrected chi connectivity index (χ2v) is 4.65. The van der Waals surface area contributed by atoms with Gasteiger partial charge in [-0.05, 0) is 18.6 Å². The summed E-state index contributed by atoms with van der Waals surface area (Å²) in [5, 5.41) is 11.5. The molecule has 1 aromatic rings. The normalized spacial score (nSPS) is 17.4. The molecule has 0 radical (unpaired) electrons. The summed E-state index contributed by atoms with van der Waals surface area (Å²) in [7, 11) is 0. The predicted octanol–water partition coefficient (Wildman–Crippen LogP) is 0.582. The van der Waals surface area contributed by atoms with Crippen LogP contribution in [0.15, 0.2) is 18.3 Å². The molecule has 2 heterocycles. The molecular weight excluding hydrogens is 256 g/mol. The van der Waals surface area contributed by atoms with Gasteiger partial charge in [0.15, 0.2) is 0 Å². The minimum Gasteiger partial charge on any atom is -0.395 e. The van der Waals surface area contributed by atoms with Crippen LogP contribution in [0.5, 0.6) is 0 Å². The van der Waals surface area contributed by atoms with Gasteiger partial charge in [-0.15, -0.1) is 0 Å². The smallest absolute Gasteiger partial charge is 0.269 e. The summed E-state index contributed by atoms with van der Waals surface area (Å²) in [4.78, 5) is 16.0. The summed E-state index contributed by atoms with van der Waals surface area (Å²) < 4.78 is 5.26. The molecule has 2 N–H and O–H groups in total. The van der Waals surface area contributed by atoms with Crippen LogP contribution in [0.2, 0.25) is 0 Å². The summed E-state index contributed by atoms with van der Waals surface area (Å²) >= 11 is 0. The molecule has 0 saturated carbocycles. The van der Waals surface area contributed by atoms with Crippen molar-refractivity contribution in [2.45, 2.75) is 12.8 Å². The number of amides is 1. The zero-order valence-corrected chi connectivity index (χ0v) is 11.3. The number of hydrogen-bond donors (Lipinski definition) is 2. The maximum Gasteiger partial charge on any atom is 0.269 e. The van der Waals surface area contributed by atoms with E-state index < -0.39 is 0 Å². The summed E-state index contributed by atoms with van der Waals surface area (Å²) in [6.07, 6.45) is 3.00. The van der Waals surface area contributed by atoms with Crippen molar-refractivity contribution in [2.75, 3.05) is 26.4 Å². The average Bonchev–Trinajstić information content (AvgIpc) is 2.99. The summed E-state index contributed by atoms with van der Waals surface area (Å²) in [5.74, 6) is 5.91. The first-order valence-electron chi connectivity index (χ1n) is 6.71. The lowest BCUT2D eigenvalue weighted by atomic mass is 10.1. The van der Waals surface area contributed by atoms with Crippen LogP contribution in [0.4, 0.5) is 0 Å². The number of aromatic nitrogens is 1. The first-order valence-corrected chi connectivity index (χ1v) is 6.71. The van der Waals surface area contributed by atoms with E-state index in [4.69, 9.17) is 9.84 Å². The highest BCUT2D eigenvalue weighted by Crippen LogP contribution is 2.10. The monoisotopic (exact) mass is 274 g/mol. The number of pyridine rings is 1. The highest BCUT2D eigenvalue weighted by Gasteiger charge is 2.17. The Balaban J connectivity index is 1.85. The third kappa shape index (κ3) is 4.34. The highest BCUT2D eigenvalue weighted by molar-refractivity contribution is 5.92. The molecule has 5 heteroatoms. The van der Waals surface area contributed by atoms with Gasteiger partial charge in [-0.25, -0.2) is 4.98 Å². The maximum absolute atomic E-state index is 11.9. The van der Waals surface area contributed by atoms with Crippen LogP contribution >= 0.6 is 0 Å². The lowest BCUT2D eigenvalue weighted by Gasteiger charge is -2.08. The van der Waals surface area contributed by atoms with E-state index >= 15 is 0 Å². The molecule has 1 atom stereocenters. The fraction of sp³-hybridized carbons (Fsp3) is 0.467. The number of ether oxygens (including phenoxy) is 1. The third-order valence-electron chi connectivity index (χ3n) is 3.04. The quantitative estimate of drug-likeness (QED) is 0.788. The van der Waals surface area contributed by atoms with E-state index in [-0.39, 0.29) is 12.5 Å². The van der Waals surface area contributed by atoms with Crippen LogP contribution in [-0.4, -0.2) is 42.4 Å². The largest absolute Gasteiger partial charge is 0.395 e. The Morgan fingerprint density at radius 1 is 1.55 bits per heavy atom. The first kappa shape index (κ1) is 14.5. The number of nitrogens with one attached hydrogen (secondary N) is 1. The Hall–Kier alpha value is -1.90. The zero-order chi connectivity index (χ0) is 14.2. The van der Waals surface area contributed by atoms with Crippen LogP contribution in [0, 0.1) is 17.8 Å².